The van der Waals surface area contributed by atoms with Crippen LogP contribution in [0.1, 0.15) is 34.7 Å². The molecule has 3 aromatic carbocycles. The van der Waals surface area contributed by atoms with Crippen molar-refractivity contribution in [1.29, 1.82) is 0 Å². The molecule has 0 amide bonds. The number of fused-ring (bicyclic) bond motifs is 4. The molecule has 6 nitrogen and oxygen atoms in total. The summed E-state index contributed by atoms with van der Waals surface area (Å²) in [5, 5.41) is 0. The zero-order chi connectivity index (χ0) is 25.1. The summed E-state index contributed by atoms with van der Waals surface area (Å²) >= 11 is 5.02. The van der Waals surface area contributed by atoms with Crippen LogP contribution in [0.2, 0.25) is 0 Å². The number of rotatable bonds is 3. The average molecular weight is 573 g/mol. The van der Waals surface area contributed by atoms with Gasteiger partial charge in [0.05, 0.1) is 23.4 Å². The van der Waals surface area contributed by atoms with Crippen molar-refractivity contribution < 1.29 is 14.2 Å². The first-order valence-corrected chi connectivity index (χ1v) is 13.6. The zero-order valence-corrected chi connectivity index (χ0v) is 22.3. The third-order valence-electron chi connectivity index (χ3n) is 7.08. The fraction of sp³-hybridized carbons (Fsp3) is 0.172. The highest BCUT2D eigenvalue weighted by Crippen LogP contribution is 2.43. The largest absolute Gasteiger partial charge is 0.496 e. The van der Waals surface area contributed by atoms with Gasteiger partial charge in [-0.05, 0) is 53.8 Å². The van der Waals surface area contributed by atoms with Crippen molar-refractivity contribution in [2.75, 3.05) is 13.9 Å². The zero-order valence-electron chi connectivity index (χ0n) is 19.9. The van der Waals surface area contributed by atoms with E-state index in [2.05, 4.69) is 40.2 Å². The molecule has 3 heterocycles. The summed E-state index contributed by atoms with van der Waals surface area (Å²) in [6, 6.07) is 19.8. The van der Waals surface area contributed by atoms with Crippen molar-refractivity contribution in [2.24, 2.45) is 4.99 Å². The van der Waals surface area contributed by atoms with E-state index in [1.165, 1.54) is 16.9 Å². The normalized spacial score (nSPS) is 17.7. The highest BCUT2D eigenvalue weighted by Gasteiger charge is 2.34. The quantitative estimate of drug-likeness (QED) is 0.353. The number of methoxy groups -OCH3 is 1. The van der Waals surface area contributed by atoms with Crippen LogP contribution in [-0.2, 0) is 6.42 Å². The Bertz CT molecular complexity index is 1800. The Labute approximate surface area is 224 Å². The molecule has 4 aromatic rings. The summed E-state index contributed by atoms with van der Waals surface area (Å²) in [7, 11) is 1.67. The number of nitrogens with zero attached hydrogens (tertiary/aromatic N) is 2. The van der Waals surface area contributed by atoms with Crippen molar-refractivity contribution in [1.82, 2.24) is 4.57 Å². The minimum atomic E-state index is -0.293. The first-order valence-electron chi connectivity index (χ1n) is 12.0. The lowest BCUT2D eigenvalue weighted by Gasteiger charge is -2.31. The highest BCUT2D eigenvalue weighted by atomic mass is 79.9. The van der Waals surface area contributed by atoms with E-state index in [1.807, 2.05) is 47.0 Å². The number of allylic oxidation sites excluding steroid dienone is 1. The molecule has 0 unspecified atom stereocenters. The molecular weight excluding hydrogens is 552 g/mol. The maximum absolute atomic E-state index is 14.0. The summed E-state index contributed by atoms with van der Waals surface area (Å²) in [6.07, 6.45) is 3.63. The second-order valence-electron chi connectivity index (χ2n) is 9.08. The SMILES string of the molecule is COc1ccccc1[C@H]1C2=C(N=c3s/c(=C/c4cc5c(cc4Br)OCO5)c(=O)n31)c1ccccc1CC2. The molecule has 3 aliphatic rings. The number of para-hydroxylation sites is 1. The molecule has 2 aliphatic heterocycles. The summed E-state index contributed by atoms with van der Waals surface area (Å²) in [5.74, 6) is 2.11. The molecule has 1 aromatic heterocycles. The van der Waals surface area contributed by atoms with Crippen LogP contribution in [0, 0.1) is 0 Å². The molecule has 0 fully saturated rings. The number of halogens is 1. The summed E-state index contributed by atoms with van der Waals surface area (Å²) in [6.45, 7) is 0.194. The lowest BCUT2D eigenvalue weighted by molar-refractivity contribution is 0.174. The van der Waals surface area contributed by atoms with Gasteiger partial charge in [0, 0.05) is 15.6 Å². The van der Waals surface area contributed by atoms with E-state index in [4.69, 9.17) is 19.2 Å². The fourth-order valence-corrected chi connectivity index (χ4v) is 6.80. The van der Waals surface area contributed by atoms with Crippen LogP contribution in [0.25, 0.3) is 11.8 Å². The van der Waals surface area contributed by atoms with E-state index in [0.29, 0.717) is 20.8 Å². The summed E-state index contributed by atoms with van der Waals surface area (Å²) < 4.78 is 20.1. The van der Waals surface area contributed by atoms with Crippen LogP contribution in [0.4, 0.5) is 0 Å². The Hall–Kier alpha value is -3.62. The molecule has 0 radical (unpaired) electrons. The minimum Gasteiger partial charge on any atom is -0.496 e. The molecule has 0 saturated carbocycles. The van der Waals surface area contributed by atoms with E-state index in [9.17, 15) is 4.79 Å². The third-order valence-corrected chi connectivity index (χ3v) is 8.75. The number of ether oxygens (including phenoxy) is 3. The molecule has 37 heavy (non-hydrogen) atoms. The van der Waals surface area contributed by atoms with Gasteiger partial charge in [-0.15, -0.1) is 0 Å². The van der Waals surface area contributed by atoms with Crippen molar-refractivity contribution in [3.63, 3.8) is 0 Å². The van der Waals surface area contributed by atoms with E-state index in [1.54, 1.807) is 7.11 Å². The van der Waals surface area contributed by atoms with Gasteiger partial charge in [-0.1, -0.05) is 69.7 Å². The molecule has 0 N–H and O–H groups in total. The van der Waals surface area contributed by atoms with Gasteiger partial charge >= 0.3 is 0 Å². The van der Waals surface area contributed by atoms with Gasteiger partial charge in [0.2, 0.25) is 6.79 Å². The van der Waals surface area contributed by atoms with Gasteiger partial charge in [-0.2, -0.15) is 0 Å². The first-order chi connectivity index (χ1) is 18.1. The highest BCUT2D eigenvalue weighted by molar-refractivity contribution is 9.10. The van der Waals surface area contributed by atoms with Crippen LogP contribution < -0.4 is 29.1 Å². The number of aryl methyl sites for hydroxylation is 1. The standard InChI is InChI=1S/C29H21BrN2O4S/c1-34-22-9-5-4-8-19(22)27-20-11-10-16-6-2-3-7-18(16)26(20)31-29-32(27)28(33)25(37-29)13-17-12-23-24(14-21(17)30)36-15-35-23/h2-9,12-14,27H,10-11,15H2,1H3/b25-13+/t27-/m0/s1. The Morgan fingerprint density at radius 3 is 2.73 bits per heavy atom. The van der Waals surface area contributed by atoms with E-state index >= 15 is 0 Å². The molecule has 8 heteroatoms. The number of hydrogen-bond donors (Lipinski definition) is 0. The maximum Gasteiger partial charge on any atom is 0.271 e. The molecule has 0 saturated heterocycles. The third kappa shape index (κ3) is 3.58. The van der Waals surface area contributed by atoms with Gasteiger partial charge in [0.25, 0.3) is 5.56 Å². The minimum absolute atomic E-state index is 0.0744. The molecule has 184 valence electrons. The van der Waals surface area contributed by atoms with Crippen molar-refractivity contribution >= 4 is 39.0 Å². The molecule has 1 aliphatic carbocycles. The van der Waals surface area contributed by atoms with Crippen molar-refractivity contribution in [3.05, 3.63) is 113 Å². The van der Waals surface area contributed by atoms with E-state index in [0.717, 1.165) is 51.0 Å². The van der Waals surface area contributed by atoms with Crippen LogP contribution >= 0.6 is 27.3 Å². The summed E-state index contributed by atoms with van der Waals surface area (Å²) in [5.41, 5.74) is 6.27. The van der Waals surface area contributed by atoms with Gasteiger partial charge in [0.15, 0.2) is 16.3 Å². The second-order valence-corrected chi connectivity index (χ2v) is 10.9. The number of thiazole rings is 1. The van der Waals surface area contributed by atoms with Crippen molar-refractivity contribution in [3.8, 4) is 17.2 Å². The molecular formula is C29H21BrN2O4S. The first kappa shape index (κ1) is 22.6. The fourth-order valence-electron chi connectivity index (χ4n) is 5.38. The van der Waals surface area contributed by atoms with Gasteiger partial charge in [0.1, 0.15) is 5.75 Å². The van der Waals surface area contributed by atoms with Crippen LogP contribution in [0.5, 0.6) is 17.2 Å². The van der Waals surface area contributed by atoms with E-state index < -0.39 is 0 Å². The Morgan fingerprint density at radius 1 is 1.08 bits per heavy atom. The lowest BCUT2D eigenvalue weighted by atomic mass is 9.83. The van der Waals surface area contributed by atoms with Gasteiger partial charge in [-0.25, -0.2) is 4.99 Å². The Morgan fingerprint density at radius 2 is 1.86 bits per heavy atom. The molecule has 1 atom stereocenters. The monoisotopic (exact) mass is 572 g/mol. The van der Waals surface area contributed by atoms with Crippen LogP contribution in [0.15, 0.2) is 80.5 Å². The average Bonchev–Trinajstić information content (AvgIpc) is 3.50. The lowest BCUT2D eigenvalue weighted by Crippen LogP contribution is -2.39. The van der Waals surface area contributed by atoms with Gasteiger partial charge < -0.3 is 14.2 Å². The molecule has 0 bridgehead atoms. The topological polar surface area (TPSA) is 62.0 Å². The Balaban J connectivity index is 1.49. The maximum atomic E-state index is 14.0. The summed E-state index contributed by atoms with van der Waals surface area (Å²) in [4.78, 5) is 19.8. The molecule has 0 spiro atoms. The van der Waals surface area contributed by atoms with Crippen LogP contribution in [-0.4, -0.2) is 18.5 Å². The predicted molar refractivity (Wildman–Crippen MR) is 146 cm³/mol. The smallest absolute Gasteiger partial charge is 0.271 e. The predicted octanol–water partition coefficient (Wildman–Crippen LogP) is 4.82. The van der Waals surface area contributed by atoms with Crippen LogP contribution in [0.3, 0.4) is 0 Å². The van der Waals surface area contributed by atoms with Gasteiger partial charge in [-0.3, -0.25) is 9.36 Å². The Kier molecular flexibility index (Phi) is 5.33. The second kappa shape index (κ2) is 8.75. The van der Waals surface area contributed by atoms with Crippen molar-refractivity contribution in [2.45, 2.75) is 18.9 Å². The number of aromatic nitrogens is 1. The number of hydrogen-bond acceptors (Lipinski definition) is 6. The number of benzene rings is 3. The van der Waals surface area contributed by atoms with E-state index in [-0.39, 0.29) is 18.4 Å². The molecule has 7 rings (SSSR count).